The molecule has 1 aliphatic carbocycles. The van der Waals surface area contributed by atoms with E-state index in [4.69, 9.17) is 9.97 Å². The smallest absolute Gasteiger partial charge is 0.160 e. The van der Waals surface area contributed by atoms with E-state index in [1.807, 2.05) is 6.07 Å². The Morgan fingerprint density at radius 3 is 1.65 bits per heavy atom. The topological polar surface area (TPSA) is 30.7 Å². The molecule has 0 saturated heterocycles. The number of hydrogen-bond donors (Lipinski definition) is 0. The van der Waals surface area contributed by atoms with Crippen molar-refractivity contribution in [2.75, 3.05) is 0 Å². The quantitative estimate of drug-likeness (QED) is 0.174. The molecule has 11 aromatic rings. The van der Waals surface area contributed by atoms with Crippen molar-refractivity contribution in [2.45, 2.75) is 5.41 Å². The van der Waals surface area contributed by atoms with Crippen molar-refractivity contribution in [1.82, 2.24) is 14.5 Å². The summed E-state index contributed by atoms with van der Waals surface area (Å²) in [7, 11) is 0. The Morgan fingerprint density at radius 2 is 0.855 bits per heavy atom. The summed E-state index contributed by atoms with van der Waals surface area (Å²) in [5.74, 6) is 0.699. The number of benzene rings is 9. The van der Waals surface area contributed by atoms with E-state index in [1.54, 1.807) is 0 Å². The second-order valence-electron chi connectivity index (χ2n) is 16.4. The third-order valence-electron chi connectivity index (χ3n) is 13.3. The zero-order valence-corrected chi connectivity index (χ0v) is 33.7. The number of rotatable bonds is 5. The van der Waals surface area contributed by atoms with Crippen LogP contribution in [0.5, 0.6) is 0 Å². The van der Waals surface area contributed by atoms with Crippen molar-refractivity contribution in [3.63, 3.8) is 0 Å². The van der Waals surface area contributed by atoms with Gasteiger partial charge < -0.3 is 4.57 Å². The first-order chi connectivity index (χ1) is 30.8. The highest BCUT2D eigenvalue weighted by Gasteiger charge is 2.51. The van der Waals surface area contributed by atoms with Gasteiger partial charge in [0.2, 0.25) is 0 Å². The second-order valence-corrected chi connectivity index (χ2v) is 16.4. The van der Waals surface area contributed by atoms with Crippen molar-refractivity contribution in [3.8, 4) is 73.0 Å². The summed E-state index contributed by atoms with van der Waals surface area (Å²) in [5, 5.41) is 2.57. The molecule has 3 heterocycles. The van der Waals surface area contributed by atoms with Crippen LogP contribution in [-0.4, -0.2) is 14.5 Å². The molecule has 9 aromatic carbocycles. The zero-order valence-electron chi connectivity index (χ0n) is 33.7. The van der Waals surface area contributed by atoms with Crippen LogP contribution in [0, 0.1) is 0 Å². The fourth-order valence-corrected chi connectivity index (χ4v) is 10.6. The molecule has 2 aliphatic rings. The molecule has 1 atom stereocenters. The van der Waals surface area contributed by atoms with E-state index in [-0.39, 0.29) is 0 Å². The van der Waals surface area contributed by atoms with Crippen LogP contribution < -0.4 is 0 Å². The lowest BCUT2D eigenvalue weighted by molar-refractivity contribution is 0.748. The van der Waals surface area contributed by atoms with Crippen LogP contribution >= 0.6 is 0 Å². The molecule has 0 N–H and O–H groups in total. The molecule has 1 spiro atoms. The van der Waals surface area contributed by atoms with Gasteiger partial charge in [-0.05, 0) is 73.8 Å². The Labute approximate surface area is 359 Å². The first-order valence-corrected chi connectivity index (χ1v) is 21.3. The Morgan fingerprint density at radius 1 is 0.339 bits per heavy atom. The molecule has 0 radical (unpaired) electrons. The third-order valence-corrected chi connectivity index (χ3v) is 13.3. The standard InChI is InChI=1S/C59H37N3/c1-3-15-38(16-4-1)39-29-33-42(34-30-39)53-37-52(41-17-5-2-6-18-41)60-58(61-53)43-35-31-40(32-36-43)44-21-13-25-50-56(44)47-20-7-9-23-48(47)59(50)49-24-10-12-28-55(49)62-54-27-11-8-19-45(54)46-22-14-26-51(59)57(46)62/h1-37H. The molecule has 0 fully saturated rings. The van der Waals surface area contributed by atoms with Gasteiger partial charge in [-0.1, -0.05) is 206 Å². The molecule has 288 valence electrons. The van der Waals surface area contributed by atoms with Crippen molar-refractivity contribution < 1.29 is 0 Å². The summed E-state index contributed by atoms with van der Waals surface area (Å²) in [6.07, 6.45) is 0. The van der Waals surface area contributed by atoms with Crippen LogP contribution in [0.15, 0.2) is 224 Å². The second kappa shape index (κ2) is 13.4. The Balaban J connectivity index is 0.965. The van der Waals surface area contributed by atoms with Gasteiger partial charge in [0.25, 0.3) is 0 Å². The van der Waals surface area contributed by atoms with Gasteiger partial charge in [0.05, 0.1) is 33.5 Å². The summed E-state index contributed by atoms with van der Waals surface area (Å²) in [6, 6.07) is 81.4. The summed E-state index contributed by atoms with van der Waals surface area (Å²) in [5.41, 5.74) is 20.7. The Kier molecular flexibility index (Phi) is 7.52. The zero-order chi connectivity index (χ0) is 40.8. The minimum absolute atomic E-state index is 0.496. The van der Waals surface area contributed by atoms with Gasteiger partial charge in [-0.2, -0.15) is 0 Å². The number of aromatic nitrogens is 3. The van der Waals surface area contributed by atoms with Gasteiger partial charge in [-0.3, -0.25) is 0 Å². The predicted octanol–water partition coefficient (Wildman–Crippen LogP) is 14.6. The van der Waals surface area contributed by atoms with E-state index in [0.29, 0.717) is 5.82 Å². The van der Waals surface area contributed by atoms with Gasteiger partial charge in [0.15, 0.2) is 5.82 Å². The minimum Gasteiger partial charge on any atom is -0.309 e. The lowest BCUT2D eigenvalue weighted by Gasteiger charge is -2.39. The monoisotopic (exact) mass is 787 g/mol. The van der Waals surface area contributed by atoms with Crippen molar-refractivity contribution in [3.05, 3.63) is 247 Å². The molecule has 1 aliphatic heterocycles. The Hall–Kier alpha value is -8.14. The maximum absolute atomic E-state index is 5.21. The van der Waals surface area contributed by atoms with Crippen LogP contribution in [-0.2, 0) is 5.41 Å². The van der Waals surface area contributed by atoms with Crippen molar-refractivity contribution in [1.29, 1.82) is 0 Å². The molecular weight excluding hydrogens is 751 g/mol. The van der Waals surface area contributed by atoms with Gasteiger partial charge in [0.1, 0.15) is 0 Å². The number of nitrogens with zero attached hydrogens (tertiary/aromatic N) is 3. The van der Waals surface area contributed by atoms with Crippen LogP contribution in [0.1, 0.15) is 22.3 Å². The largest absolute Gasteiger partial charge is 0.309 e. The Bertz CT molecular complexity index is 3550. The molecular formula is C59H37N3. The maximum atomic E-state index is 5.21. The molecule has 1 unspecified atom stereocenters. The van der Waals surface area contributed by atoms with E-state index >= 15 is 0 Å². The van der Waals surface area contributed by atoms with E-state index in [2.05, 4.69) is 223 Å². The maximum Gasteiger partial charge on any atom is 0.160 e. The molecule has 62 heavy (non-hydrogen) atoms. The average Bonchev–Trinajstić information content (AvgIpc) is 3.85. The highest BCUT2D eigenvalue weighted by Crippen LogP contribution is 2.62. The van der Waals surface area contributed by atoms with Crippen LogP contribution in [0.2, 0.25) is 0 Å². The molecule has 13 rings (SSSR count). The summed E-state index contributed by atoms with van der Waals surface area (Å²) in [4.78, 5) is 10.4. The number of fused-ring (bicyclic) bond motifs is 12. The molecule has 0 saturated carbocycles. The number of hydrogen-bond acceptors (Lipinski definition) is 2. The van der Waals surface area contributed by atoms with E-state index in [1.165, 1.54) is 77.6 Å². The van der Waals surface area contributed by atoms with Crippen molar-refractivity contribution in [2.24, 2.45) is 0 Å². The van der Waals surface area contributed by atoms with Gasteiger partial charge in [-0.15, -0.1) is 0 Å². The van der Waals surface area contributed by atoms with Crippen LogP contribution in [0.25, 0.3) is 94.8 Å². The molecule has 2 aromatic heterocycles. The van der Waals surface area contributed by atoms with Crippen molar-refractivity contribution >= 4 is 21.8 Å². The van der Waals surface area contributed by atoms with E-state index in [9.17, 15) is 0 Å². The first kappa shape index (κ1) is 34.7. The summed E-state index contributed by atoms with van der Waals surface area (Å²) >= 11 is 0. The molecule has 3 nitrogen and oxygen atoms in total. The van der Waals surface area contributed by atoms with Crippen LogP contribution in [0.3, 0.4) is 0 Å². The van der Waals surface area contributed by atoms with Gasteiger partial charge in [0, 0.05) is 27.5 Å². The van der Waals surface area contributed by atoms with E-state index in [0.717, 1.165) is 33.6 Å². The molecule has 3 heteroatoms. The average molecular weight is 788 g/mol. The summed E-state index contributed by atoms with van der Waals surface area (Å²) in [6.45, 7) is 0. The minimum atomic E-state index is -0.496. The summed E-state index contributed by atoms with van der Waals surface area (Å²) < 4.78 is 2.50. The van der Waals surface area contributed by atoms with Gasteiger partial charge >= 0.3 is 0 Å². The number of para-hydroxylation sites is 3. The fourth-order valence-electron chi connectivity index (χ4n) is 10.6. The highest BCUT2D eigenvalue weighted by atomic mass is 15.0. The van der Waals surface area contributed by atoms with Crippen LogP contribution in [0.4, 0.5) is 0 Å². The lowest BCUT2D eigenvalue weighted by atomic mass is 9.65. The highest BCUT2D eigenvalue weighted by molar-refractivity contribution is 6.13. The molecule has 0 amide bonds. The predicted molar refractivity (Wildman–Crippen MR) is 254 cm³/mol. The third kappa shape index (κ3) is 4.94. The fraction of sp³-hybridized carbons (Fsp3) is 0.0169. The first-order valence-electron chi connectivity index (χ1n) is 21.3. The SMILES string of the molecule is c1ccc(-c2ccc(-c3cc(-c4ccccc4)nc(-c4ccc(-c5cccc6c5-c5ccccc5C65c6ccccc6-n6c7ccccc7c7cccc5c76)cc4)n3)cc2)cc1. The molecule has 0 bridgehead atoms. The van der Waals surface area contributed by atoms with E-state index < -0.39 is 5.41 Å². The normalized spacial score (nSPS) is 14.5. The lowest BCUT2D eigenvalue weighted by Crippen LogP contribution is -2.33. The van der Waals surface area contributed by atoms with Gasteiger partial charge in [-0.25, -0.2) is 9.97 Å².